The van der Waals surface area contributed by atoms with Crippen LogP contribution in [-0.2, 0) is 4.79 Å². The van der Waals surface area contributed by atoms with Crippen molar-refractivity contribution in [3.8, 4) is 0 Å². The third-order valence-electron chi connectivity index (χ3n) is 4.10. The van der Waals surface area contributed by atoms with E-state index in [-0.39, 0.29) is 5.91 Å². The van der Waals surface area contributed by atoms with Crippen LogP contribution in [0, 0.1) is 20.8 Å². The standard InChI is InChI=1S/C17H26N2O/c1-12-9-13(2)17(14(3)10-12)19-16(20)11-18-15-7-5-4-6-8-15/h9-10,15,18H,4-8,11H2,1-3H3,(H,19,20). The van der Waals surface area contributed by atoms with Gasteiger partial charge in [0.2, 0.25) is 5.91 Å². The van der Waals surface area contributed by atoms with Crippen LogP contribution in [0.5, 0.6) is 0 Å². The molecule has 0 bridgehead atoms. The van der Waals surface area contributed by atoms with Gasteiger partial charge >= 0.3 is 0 Å². The Morgan fingerprint density at radius 3 is 2.30 bits per heavy atom. The maximum Gasteiger partial charge on any atom is 0.238 e. The van der Waals surface area contributed by atoms with Crippen LogP contribution in [0.1, 0.15) is 48.8 Å². The van der Waals surface area contributed by atoms with Crippen LogP contribution in [0.15, 0.2) is 12.1 Å². The van der Waals surface area contributed by atoms with Crippen molar-refractivity contribution >= 4 is 11.6 Å². The van der Waals surface area contributed by atoms with Gasteiger partial charge in [-0.15, -0.1) is 0 Å². The first kappa shape index (κ1) is 15.0. The van der Waals surface area contributed by atoms with Gasteiger partial charge in [0, 0.05) is 11.7 Å². The predicted molar refractivity (Wildman–Crippen MR) is 84.2 cm³/mol. The van der Waals surface area contributed by atoms with E-state index in [1.54, 1.807) is 0 Å². The first-order valence-electron chi connectivity index (χ1n) is 7.67. The van der Waals surface area contributed by atoms with Gasteiger partial charge in [-0.05, 0) is 44.7 Å². The highest BCUT2D eigenvalue weighted by molar-refractivity contribution is 5.93. The Kier molecular flexibility index (Phi) is 5.18. The summed E-state index contributed by atoms with van der Waals surface area (Å²) in [6.45, 7) is 6.59. The molecule has 110 valence electrons. The molecule has 0 aliphatic heterocycles. The molecule has 1 aromatic rings. The van der Waals surface area contributed by atoms with E-state index in [0.29, 0.717) is 12.6 Å². The monoisotopic (exact) mass is 274 g/mol. The second-order valence-corrected chi connectivity index (χ2v) is 6.04. The van der Waals surface area contributed by atoms with Crippen LogP contribution >= 0.6 is 0 Å². The summed E-state index contributed by atoms with van der Waals surface area (Å²) in [6, 6.07) is 4.74. The summed E-state index contributed by atoms with van der Waals surface area (Å²) >= 11 is 0. The molecular formula is C17H26N2O. The van der Waals surface area contributed by atoms with Gasteiger partial charge in [0.1, 0.15) is 0 Å². The number of hydrogen-bond donors (Lipinski definition) is 2. The second kappa shape index (κ2) is 6.89. The summed E-state index contributed by atoms with van der Waals surface area (Å²) in [7, 11) is 0. The summed E-state index contributed by atoms with van der Waals surface area (Å²) in [5, 5.41) is 6.42. The fourth-order valence-electron chi connectivity index (χ4n) is 3.10. The fourth-order valence-corrected chi connectivity index (χ4v) is 3.10. The number of hydrogen-bond acceptors (Lipinski definition) is 2. The molecule has 0 spiro atoms. The molecule has 1 fully saturated rings. The maximum absolute atomic E-state index is 12.1. The average molecular weight is 274 g/mol. The third-order valence-corrected chi connectivity index (χ3v) is 4.10. The quantitative estimate of drug-likeness (QED) is 0.882. The number of nitrogens with one attached hydrogen (secondary N) is 2. The molecule has 0 heterocycles. The maximum atomic E-state index is 12.1. The van der Waals surface area contributed by atoms with Crippen LogP contribution in [0.4, 0.5) is 5.69 Å². The van der Waals surface area contributed by atoms with Crippen molar-refractivity contribution in [1.82, 2.24) is 5.32 Å². The number of anilines is 1. The van der Waals surface area contributed by atoms with Crippen LogP contribution in [-0.4, -0.2) is 18.5 Å². The lowest BCUT2D eigenvalue weighted by Gasteiger charge is -2.22. The number of aryl methyl sites for hydroxylation is 3. The molecule has 0 aromatic heterocycles. The van der Waals surface area contributed by atoms with E-state index >= 15 is 0 Å². The van der Waals surface area contributed by atoms with Crippen LogP contribution in [0.3, 0.4) is 0 Å². The Balaban J connectivity index is 1.88. The smallest absolute Gasteiger partial charge is 0.238 e. The number of amides is 1. The van der Waals surface area contributed by atoms with E-state index < -0.39 is 0 Å². The predicted octanol–water partition coefficient (Wildman–Crippen LogP) is 3.47. The lowest BCUT2D eigenvalue weighted by molar-refractivity contribution is -0.115. The van der Waals surface area contributed by atoms with Gasteiger partial charge < -0.3 is 10.6 Å². The molecule has 20 heavy (non-hydrogen) atoms. The fraction of sp³-hybridized carbons (Fsp3) is 0.588. The van der Waals surface area contributed by atoms with Crippen molar-refractivity contribution < 1.29 is 4.79 Å². The SMILES string of the molecule is Cc1cc(C)c(NC(=O)CNC2CCCCC2)c(C)c1. The molecule has 0 atom stereocenters. The van der Waals surface area contributed by atoms with Gasteiger partial charge in [0.25, 0.3) is 0 Å². The van der Waals surface area contributed by atoms with E-state index in [2.05, 4.69) is 29.7 Å². The van der Waals surface area contributed by atoms with Gasteiger partial charge in [0.05, 0.1) is 6.54 Å². The minimum atomic E-state index is 0.0608. The van der Waals surface area contributed by atoms with E-state index in [4.69, 9.17) is 0 Å². The highest BCUT2D eigenvalue weighted by Gasteiger charge is 2.14. The molecule has 0 saturated heterocycles. The molecule has 1 aliphatic carbocycles. The summed E-state index contributed by atoms with van der Waals surface area (Å²) in [5.74, 6) is 0.0608. The summed E-state index contributed by atoms with van der Waals surface area (Å²) < 4.78 is 0. The molecule has 1 aromatic carbocycles. The van der Waals surface area contributed by atoms with Crippen molar-refractivity contribution in [2.24, 2.45) is 0 Å². The Bertz CT molecular complexity index is 453. The zero-order valence-corrected chi connectivity index (χ0v) is 12.9. The average Bonchev–Trinajstić information content (AvgIpc) is 2.42. The van der Waals surface area contributed by atoms with Gasteiger partial charge in [-0.3, -0.25) is 4.79 Å². The topological polar surface area (TPSA) is 41.1 Å². The second-order valence-electron chi connectivity index (χ2n) is 6.04. The van der Waals surface area contributed by atoms with Crippen LogP contribution in [0.25, 0.3) is 0 Å². The molecule has 0 unspecified atom stereocenters. The highest BCUT2D eigenvalue weighted by Crippen LogP contribution is 2.22. The molecule has 3 nitrogen and oxygen atoms in total. The molecular weight excluding hydrogens is 248 g/mol. The van der Waals surface area contributed by atoms with Crippen molar-refractivity contribution in [3.63, 3.8) is 0 Å². The number of rotatable bonds is 4. The van der Waals surface area contributed by atoms with E-state index in [0.717, 1.165) is 16.8 Å². The van der Waals surface area contributed by atoms with Crippen molar-refractivity contribution in [2.75, 3.05) is 11.9 Å². The number of carbonyl (C=O) groups is 1. The van der Waals surface area contributed by atoms with E-state index in [1.807, 2.05) is 13.8 Å². The van der Waals surface area contributed by atoms with Crippen molar-refractivity contribution in [2.45, 2.75) is 58.9 Å². The van der Waals surface area contributed by atoms with Gasteiger partial charge in [0.15, 0.2) is 0 Å². The first-order valence-corrected chi connectivity index (χ1v) is 7.67. The van der Waals surface area contributed by atoms with Gasteiger partial charge in [-0.1, -0.05) is 37.0 Å². The Morgan fingerprint density at radius 2 is 1.70 bits per heavy atom. The van der Waals surface area contributed by atoms with Gasteiger partial charge in [-0.25, -0.2) is 0 Å². The largest absolute Gasteiger partial charge is 0.324 e. The molecule has 2 rings (SSSR count). The molecule has 2 N–H and O–H groups in total. The Labute approximate surface area is 122 Å². The Hall–Kier alpha value is -1.35. The summed E-state index contributed by atoms with van der Waals surface area (Å²) in [4.78, 5) is 12.1. The van der Waals surface area contributed by atoms with Crippen LogP contribution < -0.4 is 10.6 Å². The van der Waals surface area contributed by atoms with E-state index in [1.165, 1.54) is 37.7 Å². The molecule has 3 heteroatoms. The van der Waals surface area contributed by atoms with E-state index in [9.17, 15) is 4.79 Å². The van der Waals surface area contributed by atoms with Crippen molar-refractivity contribution in [1.29, 1.82) is 0 Å². The molecule has 1 saturated carbocycles. The number of carbonyl (C=O) groups excluding carboxylic acids is 1. The number of benzene rings is 1. The van der Waals surface area contributed by atoms with Crippen molar-refractivity contribution in [3.05, 3.63) is 28.8 Å². The Morgan fingerprint density at radius 1 is 1.10 bits per heavy atom. The zero-order chi connectivity index (χ0) is 14.5. The highest BCUT2D eigenvalue weighted by atomic mass is 16.1. The summed E-state index contributed by atoms with van der Waals surface area (Å²) in [5.41, 5.74) is 4.46. The molecule has 0 radical (unpaired) electrons. The van der Waals surface area contributed by atoms with Gasteiger partial charge in [-0.2, -0.15) is 0 Å². The first-order chi connectivity index (χ1) is 9.56. The zero-order valence-electron chi connectivity index (χ0n) is 12.9. The summed E-state index contributed by atoms with van der Waals surface area (Å²) in [6.07, 6.45) is 6.32. The minimum absolute atomic E-state index is 0.0608. The molecule has 1 amide bonds. The third kappa shape index (κ3) is 4.07. The minimum Gasteiger partial charge on any atom is -0.324 e. The lowest BCUT2D eigenvalue weighted by atomic mass is 9.95. The lowest BCUT2D eigenvalue weighted by Crippen LogP contribution is -2.37. The molecule has 1 aliphatic rings. The normalized spacial score (nSPS) is 16.1. The van der Waals surface area contributed by atoms with Crippen LogP contribution in [0.2, 0.25) is 0 Å².